The number of hydrogen-bond donors (Lipinski definition) is 1. The number of rotatable bonds is 2. The van der Waals surface area contributed by atoms with Crippen molar-refractivity contribution < 1.29 is 14.7 Å². The van der Waals surface area contributed by atoms with E-state index in [4.69, 9.17) is 0 Å². The molecule has 0 saturated carbocycles. The van der Waals surface area contributed by atoms with Crippen LogP contribution in [0.3, 0.4) is 0 Å². The average Bonchev–Trinajstić information content (AvgIpc) is 2.08. The third kappa shape index (κ3) is 1.93. The highest BCUT2D eigenvalue weighted by molar-refractivity contribution is 6.43. The molecule has 0 aromatic heterocycles. The van der Waals surface area contributed by atoms with Gasteiger partial charge in [0.05, 0.1) is 5.56 Å². The van der Waals surface area contributed by atoms with Gasteiger partial charge in [-0.3, -0.25) is 9.59 Å². The number of aryl methyl sites for hydroxylation is 1. The van der Waals surface area contributed by atoms with Crippen molar-refractivity contribution in [2.24, 2.45) is 0 Å². The minimum Gasteiger partial charge on any atom is -0.507 e. The topological polar surface area (TPSA) is 54.4 Å². The molecule has 68 valence electrons. The molecule has 0 aliphatic rings. The number of phenols is 1. The Labute approximate surface area is 76.0 Å². The second kappa shape index (κ2) is 3.39. The number of Topliss-reactive ketones (excluding diaryl/α,β-unsaturated/α-hetero) is 2. The maximum Gasteiger partial charge on any atom is 0.231 e. The zero-order valence-corrected chi connectivity index (χ0v) is 7.50. The Kier molecular flexibility index (Phi) is 2.46. The van der Waals surface area contributed by atoms with Crippen molar-refractivity contribution in [2.45, 2.75) is 13.8 Å². The lowest BCUT2D eigenvalue weighted by Gasteiger charge is -2.01. The summed E-state index contributed by atoms with van der Waals surface area (Å²) in [4.78, 5) is 22.0. The number of aromatic hydroxyl groups is 1. The predicted molar refractivity (Wildman–Crippen MR) is 47.9 cm³/mol. The first-order valence-corrected chi connectivity index (χ1v) is 3.87. The van der Waals surface area contributed by atoms with Gasteiger partial charge in [0.1, 0.15) is 5.75 Å². The van der Waals surface area contributed by atoms with Gasteiger partial charge in [-0.15, -0.1) is 0 Å². The number of carbonyl (C=O) groups excluding carboxylic acids is 2. The lowest BCUT2D eigenvalue weighted by atomic mass is 10.0. The van der Waals surface area contributed by atoms with E-state index in [1.165, 1.54) is 19.1 Å². The minimum absolute atomic E-state index is 0.0764. The van der Waals surface area contributed by atoms with Gasteiger partial charge in [-0.05, 0) is 19.1 Å². The molecule has 0 aliphatic heterocycles. The summed E-state index contributed by atoms with van der Waals surface area (Å²) in [5.74, 6) is -1.37. The van der Waals surface area contributed by atoms with Gasteiger partial charge in [0.15, 0.2) is 5.78 Å². The third-order valence-corrected chi connectivity index (χ3v) is 1.72. The van der Waals surface area contributed by atoms with E-state index >= 15 is 0 Å². The molecule has 0 amide bonds. The number of ketones is 2. The molecule has 0 unspecified atom stereocenters. The third-order valence-electron chi connectivity index (χ3n) is 1.72. The molecule has 0 aliphatic carbocycles. The van der Waals surface area contributed by atoms with Crippen molar-refractivity contribution in [1.82, 2.24) is 0 Å². The predicted octanol–water partition coefficient (Wildman–Crippen LogP) is 1.47. The molecule has 0 saturated heterocycles. The molecule has 1 aromatic carbocycles. The summed E-state index contributed by atoms with van der Waals surface area (Å²) in [6.45, 7) is 2.97. The lowest BCUT2D eigenvalue weighted by Crippen LogP contribution is -2.09. The molecule has 3 nitrogen and oxygen atoms in total. The zero-order valence-electron chi connectivity index (χ0n) is 7.50. The molecule has 0 bridgehead atoms. The van der Waals surface area contributed by atoms with Crippen LogP contribution in [0, 0.1) is 6.92 Å². The first-order valence-electron chi connectivity index (χ1n) is 3.87. The van der Waals surface area contributed by atoms with E-state index in [9.17, 15) is 14.7 Å². The number of phenolic OH excluding ortho intramolecular Hbond substituents is 1. The Bertz CT molecular complexity index is 366. The maximum atomic E-state index is 11.2. The first-order chi connectivity index (χ1) is 6.02. The SMILES string of the molecule is CC(=O)C(=O)c1cc(C)ccc1O. The molecule has 0 radical (unpaired) electrons. The molecular weight excluding hydrogens is 168 g/mol. The van der Waals surface area contributed by atoms with Gasteiger partial charge in [-0.2, -0.15) is 0 Å². The van der Waals surface area contributed by atoms with Crippen molar-refractivity contribution >= 4 is 11.6 Å². The van der Waals surface area contributed by atoms with Crippen LogP contribution in [0.5, 0.6) is 5.75 Å². The highest BCUT2D eigenvalue weighted by Crippen LogP contribution is 2.18. The molecule has 1 rings (SSSR count). The Morgan fingerprint density at radius 3 is 2.46 bits per heavy atom. The van der Waals surface area contributed by atoms with E-state index in [1.807, 2.05) is 0 Å². The van der Waals surface area contributed by atoms with Crippen LogP contribution in [-0.2, 0) is 4.79 Å². The van der Waals surface area contributed by atoms with Crippen LogP contribution in [0.25, 0.3) is 0 Å². The highest BCUT2D eigenvalue weighted by Gasteiger charge is 2.15. The van der Waals surface area contributed by atoms with Crippen molar-refractivity contribution in [3.8, 4) is 5.75 Å². The second-order valence-corrected chi connectivity index (χ2v) is 2.91. The van der Waals surface area contributed by atoms with Crippen LogP contribution < -0.4 is 0 Å². The maximum absolute atomic E-state index is 11.2. The lowest BCUT2D eigenvalue weighted by molar-refractivity contribution is -0.113. The molecule has 0 heterocycles. The van der Waals surface area contributed by atoms with Crippen LogP contribution in [0.1, 0.15) is 22.8 Å². The van der Waals surface area contributed by atoms with Crippen LogP contribution in [-0.4, -0.2) is 16.7 Å². The summed E-state index contributed by atoms with van der Waals surface area (Å²) < 4.78 is 0. The number of hydrogen-bond acceptors (Lipinski definition) is 3. The van der Waals surface area contributed by atoms with Crippen LogP contribution in [0.15, 0.2) is 18.2 Å². The van der Waals surface area contributed by atoms with Gasteiger partial charge in [0.2, 0.25) is 5.78 Å². The summed E-state index contributed by atoms with van der Waals surface area (Å²) in [5, 5.41) is 9.28. The van der Waals surface area contributed by atoms with Crippen LogP contribution >= 0.6 is 0 Å². The fourth-order valence-corrected chi connectivity index (χ4v) is 1.02. The Balaban J connectivity index is 3.21. The standard InChI is InChI=1S/C10H10O3/c1-6-3-4-9(12)8(5-6)10(13)7(2)11/h3-5,12H,1-2H3. The molecule has 0 fully saturated rings. The van der Waals surface area contributed by atoms with Gasteiger partial charge in [-0.25, -0.2) is 0 Å². The number of carbonyl (C=O) groups is 2. The summed E-state index contributed by atoms with van der Waals surface area (Å²) >= 11 is 0. The van der Waals surface area contributed by atoms with Crippen molar-refractivity contribution in [3.05, 3.63) is 29.3 Å². The molecule has 13 heavy (non-hydrogen) atoms. The molecule has 0 spiro atoms. The molecule has 1 aromatic rings. The minimum atomic E-state index is -0.652. The fraction of sp³-hybridized carbons (Fsp3) is 0.200. The van der Waals surface area contributed by atoms with E-state index in [2.05, 4.69) is 0 Å². The van der Waals surface area contributed by atoms with E-state index in [1.54, 1.807) is 13.0 Å². The largest absolute Gasteiger partial charge is 0.507 e. The normalized spacial score (nSPS) is 9.69. The van der Waals surface area contributed by atoms with Gasteiger partial charge in [0, 0.05) is 6.92 Å². The molecule has 0 atom stereocenters. The summed E-state index contributed by atoms with van der Waals surface area (Å²) in [5.41, 5.74) is 0.912. The number of benzene rings is 1. The highest BCUT2D eigenvalue weighted by atomic mass is 16.3. The Morgan fingerprint density at radius 2 is 1.92 bits per heavy atom. The van der Waals surface area contributed by atoms with Crippen LogP contribution in [0.4, 0.5) is 0 Å². The van der Waals surface area contributed by atoms with Crippen LogP contribution in [0.2, 0.25) is 0 Å². The van der Waals surface area contributed by atoms with Gasteiger partial charge < -0.3 is 5.11 Å². The summed E-state index contributed by atoms with van der Waals surface area (Å²) in [7, 11) is 0. The van der Waals surface area contributed by atoms with E-state index in [0.29, 0.717) is 0 Å². The van der Waals surface area contributed by atoms with Gasteiger partial charge in [0.25, 0.3) is 0 Å². The molecule has 1 N–H and O–H groups in total. The van der Waals surface area contributed by atoms with E-state index in [-0.39, 0.29) is 11.3 Å². The van der Waals surface area contributed by atoms with Crippen molar-refractivity contribution in [2.75, 3.05) is 0 Å². The van der Waals surface area contributed by atoms with Crippen molar-refractivity contribution in [1.29, 1.82) is 0 Å². The van der Waals surface area contributed by atoms with Gasteiger partial charge >= 0.3 is 0 Å². The molecule has 3 heteroatoms. The monoisotopic (exact) mass is 178 g/mol. The first kappa shape index (κ1) is 9.45. The Hall–Kier alpha value is -1.64. The molecular formula is C10H10O3. The Morgan fingerprint density at radius 1 is 1.31 bits per heavy atom. The smallest absolute Gasteiger partial charge is 0.231 e. The summed E-state index contributed by atoms with van der Waals surface area (Å²) in [6, 6.07) is 4.58. The van der Waals surface area contributed by atoms with Gasteiger partial charge in [-0.1, -0.05) is 11.6 Å². The van der Waals surface area contributed by atoms with Crippen molar-refractivity contribution in [3.63, 3.8) is 0 Å². The quantitative estimate of drug-likeness (QED) is 0.551. The average molecular weight is 178 g/mol. The van der Waals surface area contributed by atoms with E-state index < -0.39 is 11.6 Å². The summed E-state index contributed by atoms with van der Waals surface area (Å²) in [6.07, 6.45) is 0. The zero-order chi connectivity index (χ0) is 10.0. The fourth-order valence-electron chi connectivity index (χ4n) is 1.02. The second-order valence-electron chi connectivity index (χ2n) is 2.91. The van der Waals surface area contributed by atoms with E-state index in [0.717, 1.165) is 5.56 Å².